The van der Waals surface area contributed by atoms with E-state index in [-0.39, 0.29) is 0 Å². The molecule has 0 radical (unpaired) electrons. The number of anilines is 3. The van der Waals surface area contributed by atoms with Crippen molar-refractivity contribution in [1.29, 1.82) is 0 Å². The van der Waals surface area contributed by atoms with Gasteiger partial charge >= 0.3 is 280 Å². The number of para-hydroxylation sites is 3. The summed E-state index contributed by atoms with van der Waals surface area (Å²) in [6.07, 6.45) is 0. The maximum absolute atomic E-state index is 2.46. The van der Waals surface area contributed by atoms with E-state index in [1.807, 2.05) is 0 Å². The normalized spacial score (nSPS) is 11.7. The minimum absolute atomic E-state index is 0.291. The molecule has 0 atom stereocenters. The Bertz CT molecular complexity index is 2830. The van der Waals surface area contributed by atoms with E-state index in [0.29, 0.717) is 14.5 Å². The Morgan fingerprint density at radius 2 is 1.10 bits per heavy atom. The third-order valence-corrected chi connectivity index (χ3v) is 12.3. The van der Waals surface area contributed by atoms with Crippen molar-refractivity contribution in [3.05, 3.63) is 182 Å². The summed E-state index contributed by atoms with van der Waals surface area (Å²) < 4.78 is 5.39. The van der Waals surface area contributed by atoms with Crippen molar-refractivity contribution in [2.24, 2.45) is 0 Å². The van der Waals surface area contributed by atoms with E-state index in [9.17, 15) is 0 Å². The Morgan fingerprint density at radius 3 is 1.98 bits per heavy atom. The Morgan fingerprint density at radius 1 is 0.429 bits per heavy atom. The average Bonchev–Trinajstić information content (AvgIpc) is 3.72. The van der Waals surface area contributed by atoms with Crippen LogP contribution in [-0.4, -0.2) is 19.1 Å². The van der Waals surface area contributed by atoms with Crippen LogP contribution in [0, 0.1) is 0 Å². The molecule has 3 heteroatoms. The fourth-order valence-corrected chi connectivity index (χ4v) is 10.1. The molecule has 0 fully saturated rings. The fraction of sp³-hybridized carbons (Fsp3) is 0. The second-order valence-electron chi connectivity index (χ2n) is 12.6. The Kier molecular flexibility index (Phi) is 6.55. The van der Waals surface area contributed by atoms with E-state index in [2.05, 4.69) is 191 Å². The summed E-state index contributed by atoms with van der Waals surface area (Å²) in [4.78, 5) is 2.46. The van der Waals surface area contributed by atoms with E-state index in [1.54, 1.807) is 0 Å². The molecular weight excluding hydrogens is 659 g/mol. The number of aromatic nitrogens is 1. The zero-order valence-electron chi connectivity index (χ0n) is 26.6. The van der Waals surface area contributed by atoms with Gasteiger partial charge in [-0.25, -0.2) is 0 Å². The predicted molar refractivity (Wildman–Crippen MR) is 210 cm³/mol. The topological polar surface area (TPSA) is 8.17 Å². The Hall–Kier alpha value is -5.86. The summed E-state index contributed by atoms with van der Waals surface area (Å²) in [5.41, 5.74) is 9.33. The van der Waals surface area contributed by atoms with Gasteiger partial charge in [-0.1, -0.05) is 12.1 Å². The molecule has 0 aliphatic carbocycles. The summed E-state index contributed by atoms with van der Waals surface area (Å²) in [7, 11) is 0. The zero-order valence-corrected chi connectivity index (χ0v) is 28.3. The monoisotopic (exact) mass is 690 g/mol. The molecule has 0 saturated heterocycles. The first kappa shape index (κ1) is 28.2. The first-order valence-electron chi connectivity index (χ1n) is 16.7. The van der Waals surface area contributed by atoms with Crippen molar-refractivity contribution in [3.63, 3.8) is 0 Å². The van der Waals surface area contributed by atoms with Crippen molar-refractivity contribution >= 4 is 83.4 Å². The van der Waals surface area contributed by atoms with Crippen LogP contribution < -0.4 is 4.90 Å². The van der Waals surface area contributed by atoms with Gasteiger partial charge in [0.1, 0.15) is 0 Å². The molecule has 49 heavy (non-hydrogen) atoms. The zero-order chi connectivity index (χ0) is 32.3. The third-order valence-electron chi connectivity index (χ3n) is 9.74. The molecule has 0 bridgehead atoms. The van der Waals surface area contributed by atoms with Gasteiger partial charge in [-0.05, 0) is 0 Å². The van der Waals surface area contributed by atoms with Crippen LogP contribution >= 0.6 is 0 Å². The van der Waals surface area contributed by atoms with Crippen LogP contribution in [0.2, 0.25) is 0 Å². The molecule has 0 aliphatic rings. The molecule has 0 amide bonds. The van der Waals surface area contributed by atoms with Crippen molar-refractivity contribution < 1.29 is 0 Å². The summed E-state index contributed by atoms with van der Waals surface area (Å²) >= 11 is 0.291. The molecule has 2 nitrogen and oxygen atoms in total. The van der Waals surface area contributed by atoms with Crippen molar-refractivity contribution in [2.45, 2.75) is 0 Å². The van der Waals surface area contributed by atoms with Gasteiger partial charge in [-0.15, -0.1) is 0 Å². The van der Waals surface area contributed by atoms with Gasteiger partial charge in [-0.2, -0.15) is 0 Å². The summed E-state index contributed by atoms with van der Waals surface area (Å²) in [5, 5.41) is 7.89. The van der Waals surface area contributed by atoms with Gasteiger partial charge in [0, 0.05) is 0 Å². The predicted octanol–water partition coefficient (Wildman–Crippen LogP) is 12.4. The van der Waals surface area contributed by atoms with Gasteiger partial charge in [0.05, 0.1) is 0 Å². The molecule has 0 spiro atoms. The van der Waals surface area contributed by atoms with Crippen LogP contribution in [0.3, 0.4) is 0 Å². The van der Waals surface area contributed by atoms with E-state index in [0.717, 1.165) is 22.7 Å². The van der Waals surface area contributed by atoms with Crippen molar-refractivity contribution in [1.82, 2.24) is 4.57 Å². The second-order valence-corrected chi connectivity index (χ2v) is 14.8. The molecule has 8 aromatic carbocycles. The van der Waals surface area contributed by atoms with Gasteiger partial charge in [0.25, 0.3) is 0 Å². The number of nitrogens with zero attached hydrogens (tertiary/aromatic N) is 2. The van der Waals surface area contributed by atoms with Crippen LogP contribution in [0.15, 0.2) is 182 Å². The first-order chi connectivity index (χ1) is 24.3. The van der Waals surface area contributed by atoms with Gasteiger partial charge in [0.15, 0.2) is 0 Å². The number of hydrogen-bond acceptors (Lipinski definition) is 1. The number of benzene rings is 8. The molecule has 10 rings (SSSR count). The molecule has 0 N–H and O–H groups in total. The Balaban J connectivity index is 1.27. The average molecular weight is 690 g/mol. The summed E-state index contributed by atoms with van der Waals surface area (Å²) in [6, 6.07) is 66.6. The molecule has 0 aliphatic heterocycles. The second kappa shape index (κ2) is 11.4. The van der Waals surface area contributed by atoms with Gasteiger partial charge in [0.2, 0.25) is 0 Å². The summed E-state index contributed by atoms with van der Waals surface area (Å²) in [5.74, 6) is 0. The van der Waals surface area contributed by atoms with E-state index in [4.69, 9.17) is 0 Å². The van der Waals surface area contributed by atoms with Crippen LogP contribution in [0.4, 0.5) is 17.1 Å². The number of fused-ring (bicyclic) bond motifs is 8. The molecule has 230 valence electrons. The van der Waals surface area contributed by atoms with Gasteiger partial charge < -0.3 is 0 Å². The first-order valence-corrected chi connectivity index (χ1v) is 18.4. The van der Waals surface area contributed by atoms with Crippen LogP contribution in [0.25, 0.3) is 68.7 Å². The van der Waals surface area contributed by atoms with E-state index < -0.39 is 0 Å². The Labute approximate surface area is 290 Å². The summed E-state index contributed by atoms with van der Waals surface area (Å²) in [6.45, 7) is 0. The molecule has 2 aromatic heterocycles. The molecule has 0 unspecified atom stereocenters. The van der Waals surface area contributed by atoms with E-state index >= 15 is 0 Å². The SMILES string of the molecule is c1ccc(-c2cccc(N(c3ccc4c(ccc5c6ccccc6[se]c45)c3)c3cccc4c5ccccc5n(-c5ccccc5)c34)c2)cc1. The molecule has 10 aromatic rings. The fourth-order valence-electron chi connectivity index (χ4n) is 7.55. The van der Waals surface area contributed by atoms with Crippen LogP contribution in [-0.2, 0) is 0 Å². The maximum atomic E-state index is 2.46. The third kappa shape index (κ3) is 4.55. The quantitative estimate of drug-likeness (QED) is 0.163. The van der Waals surface area contributed by atoms with Gasteiger partial charge in [-0.3, -0.25) is 0 Å². The number of hydrogen-bond donors (Lipinski definition) is 0. The standard InChI is InChI=1S/C46H30N2Se/c1-3-13-31(14-4-1)32-15-11-18-35(29-32)47(36-26-28-37-33(30-36)25-27-41-39-20-8-10-24-44(39)49-46(37)41)43-23-12-21-40-38-19-7-9-22-42(38)48(45(40)43)34-16-5-2-6-17-34/h1-30H. The van der Waals surface area contributed by atoms with Crippen molar-refractivity contribution in [3.8, 4) is 16.8 Å². The molecule has 2 heterocycles. The molecule has 0 saturated carbocycles. The molecular formula is C46H30N2Se. The van der Waals surface area contributed by atoms with E-state index in [1.165, 1.54) is 63.0 Å². The van der Waals surface area contributed by atoms with Crippen LogP contribution in [0.5, 0.6) is 0 Å². The minimum atomic E-state index is 0.291. The van der Waals surface area contributed by atoms with Crippen molar-refractivity contribution in [2.75, 3.05) is 4.90 Å². The number of rotatable bonds is 5. The van der Waals surface area contributed by atoms with Crippen LogP contribution in [0.1, 0.15) is 0 Å².